The zero-order valence-electron chi connectivity index (χ0n) is 9.42. The van der Waals surface area contributed by atoms with E-state index in [1.165, 1.54) is 25.7 Å². The SMILES string of the molecule is CC(C)NC1CCC(C2(O)CC2)CC1. The Balaban J connectivity index is 1.75. The molecule has 0 aromatic rings. The zero-order chi connectivity index (χ0) is 10.2. The van der Waals surface area contributed by atoms with Gasteiger partial charge in [0.2, 0.25) is 0 Å². The van der Waals surface area contributed by atoms with Gasteiger partial charge in [-0.15, -0.1) is 0 Å². The first-order valence-corrected chi connectivity index (χ1v) is 6.08. The third-order valence-corrected chi connectivity index (χ3v) is 3.82. The van der Waals surface area contributed by atoms with E-state index >= 15 is 0 Å². The van der Waals surface area contributed by atoms with Crippen molar-refractivity contribution in [3.63, 3.8) is 0 Å². The Morgan fingerprint density at radius 3 is 2.14 bits per heavy atom. The highest BCUT2D eigenvalue weighted by Gasteiger charge is 2.48. The largest absolute Gasteiger partial charge is 0.390 e. The van der Waals surface area contributed by atoms with Crippen LogP contribution >= 0.6 is 0 Å². The van der Waals surface area contributed by atoms with Crippen LogP contribution in [0.1, 0.15) is 52.4 Å². The third kappa shape index (κ3) is 2.29. The normalized spacial score (nSPS) is 36.0. The average molecular weight is 197 g/mol. The molecule has 0 spiro atoms. The molecule has 2 rings (SSSR count). The van der Waals surface area contributed by atoms with Crippen LogP contribution in [-0.2, 0) is 0 Å². The molecule has 0 heterocycles. The maximum Gasteiger partial charge on any atom is 0.0678 e. The van der Waals surface area contributed by atoms with E-state index in [1.54, 1.807) is 0 Å². The molecular weight excluding hydrogens is 174 g/mol. The van der Waals surface area contributed by atoms with Gasteiger partial charge >= 0.3 is 0 Å². The van der Waals surface area contributed by atoms with Crippen molar-refractivity contribution in [3.8, 4) is 0 Å². The molecule has 14 heavy (non-hydrogen) atoms. The van der Waals surface area contributed by atoms with Crippen molar-refractivity contribution in [2.24, 2.45) is 5.92 Å². The molecule has 0 bridgehead atoms. The lowest BCUT2D eigenvalue weighted by Gasteiger charge is -2.33. The monoisotopic (exact) mass is 197 g/mol. The second-order valence-electron chi connectivity index (χ2n) is 5.47. The predicted molar refractivity (Wildman–Crippen MR) is 58.2 cm³/mol. The molecule has 0 radical (unpaired) electrons. The van der Waals surface area contributed by atoms with Crippen molar-refractivity contribution in [1.82, 2.24) is 5.32 Å². The van der Waals surface area contributed by atoms with Crippen molar-refractivity contribution in [3.05, 3.63) is 0 Å². The zero-order valence-corrected chi connectivity index (χ0v) is 9.42. The molecule has 2 saturated carbocycles. The molecule has 0 aromatic heterocycles. The van der Waals surface area contributed by atoms with Crippen LogP contribution in [0.3, 0.4) is 0 Å². The number of hydrogen-bond donors (Lipinski definition) is 2. The Kier molecular flexibility index (Phi) is 2.85. The number of aliphatic hydroxyl groups is 1. The molecule has 0 aliphatic heterocycles. The summed E-state index contributed by atoms with van der Waals surface area (Å²) >= 11 is 0. The van der Waals surface area contributed by atoms with Crippen molar-refractivity contribution >= 4 is 0 Å². The molecule has 2 aliphatic carbocycles. The molecule has 2 aliphatic rings. The molecular formula is C12H23NO. The van der Waals surface area contributed by atoms with Gasteiger partial charge in [-0.05, 0) is 44.4 Å². The van der Waals surface area contributed by atoms with Crippen LogP contribution in [0.25, 0.3) is 0 Å². The topological polar surface area (TPSA) is 32.3 Å². The molecule has 0 unspecified atom stereocenters. The molecule has 2 nitrogen and oxygen atoms in total. The molecule has 82 valence electrons. The fraction of sp³-hybridized carbons (Fsp3) is 1.00. The number of rotatable bonds is 3. The predicted octanol–water partition coefficient (Wildman–Crippen LogP) is 2.07. The Morgan fingerprint density at radius 2 is 1.71 bits per heavy atom. The minimum atomic E-state index is -0.233. The molecule has 0 aromatic carbocycles. The second-order valence-corrected chi connectivity index (χ2v) is 5.47. The summed E-state index contributed by atoms with van der Waals surface area (Å²) in [7, 11) is 0. The summed E-state index contributed by atoms with van der Waals surface area (Å²) in [6.45, 7) is 4.42. The molecule has 0 atom stereocenters. The van der Waals surface area contributed by atoms with Crippen molar-refractivity contribution in [1.29, 1.82) is 0 Å². The highest BCUT2D eigenvalue weighted by Crippen LogP contribution is 2.47. The van der Waals surface area contributed by atoms with Crippen molar-refractivity contribution in [2.75, 3.05) is 0 Å². The Labute approximate surface area is 87.1 Å². The van der Waals surface area contributed by atoms with Crippen LogP contribution in [0.2, 0.25) is 0 Å². The molecule has 0 amide bonds. The summed E-state index contributed by atoms with van der Waals surface area (Å²) in [4.78, 5) is 0. The summed E-state index contributed by atoms with van der Waals surface area (Å²) in [6.07, 6.45) is 7.07. The summed E-state index contributed by atoms with van der Waals surface area (Å²) in [5.41, 5.74) is -0.233. The van der Waals surface area contributed by atoms with E-state index in [1.807, 2.05) is 0 Å². The highest BCUT2D eigenvalue weighted by molar-refractivity contribution is 5.01. The third-order valence-electron chi connectivity index (χ3n) is 3.82. The van der Waals surface area contributed by atoms with E-state index in [9.17, 15) is 5.11 Å². The Morgan fingerprint density at radius 1 is 1.14 bits per heavy atom. The van der Waals surface area contributed by atoms with Crippen LogP contribution < -0.4 is 5.32 Å². The van der Waals surface area contributed by atoms with Gasteiger partial charge in [0.15, 0.2) is 0 Å². The van der Waals surface area contributed by atoms with Gasteiger partial charge in [-0.25, -0.2) is 0 Å². The van der Waals surface area contributed by atoms with Crippen LogP contribution in [0.15, 0.2) is 0 Å². The fourth-order valence-electron chi connectivity index (χ4n) is 2.81. The van der Waals surface area contributed by atoms with E-state index < -0.39 is 0 Å². The number of nitrogens with one attached hydrogen (secondary N) is 1. The molecule has 2 fully saturated rings. The minimum Gasteiger partial charge on any atom is -0.390 e. The number of hydrogen-bond acceptors (Lipinski definition) is 2. The smallest absolute Gasteiger partial charge is 0.0678 e. The van der Waals surface area contributed by atoms with Crippen LogP contribution in [0.4, 0.5) is 0 Å². The van der Waals surface area contributed by atoms with Gasteiger partial charge in [0.05, 0.1) is 5.60 Å². The van der Waals surface area contributed by atoms with Crippen molar-refractivity contribution in [2.45, 2.75) is 70.1 Å². The van der Waals surface area contributed by atoms with Gasteiger partial charge in [0.25, 0.3) is 0 Å². The van der Waals surface area contributed by atoms with E-state index in [0.29, 0.717) is 18.0 Å². The van der Waals surface area contributed by atoms with Crippen molar-refractivity contribution < 1.29 is 5.11 Å². The van der Waals surface area contributed by atoms with Gasteiger partial charge in [-0.2, -0.15) is 0 Å². The highest BCUT2D eigenvalue weighted by atomic mass is 16.3. The summed E-state index contributed by atoms with van der Waals surface area (Å²) in [5.74, 6) is 0.604. The van der Waals surface area contributed by atoms with Crippen LogP contribution in [0.5, 0.6) is 0 Å². The molecule has 0 saturated heterocycles. The van der Waals surface area contributed by atoms with E-state index in [4.69, 9.17) is 0 Å². The van der Waals surface area contributed by atoms with Gasteiger partial charge in [-0.1, -0.05) is 13.8 Å². The Bertz CT molecular complexity index is 190. The van der Waals surface area contributed by atoms with Crippen LogP contribution in [-0.4, -0.2) is 22.8 Å². The minimum absolute atomic E-state index is 0.233. The first kappa shape index (κ1) is 10.4. The van der Waals surface area contributed by atoms with Gasteiger partial charge in [-0.3, -0.25) is 0 Å². The quantitative estimate of drug-likeness (QED) is 0.726. The first-order valence-electron chi connectivity index (χ1n) is 6.08. The second kappa shape index (κ2) is 3.82. The van der Waals surface area contributed by atoms with Gasteiger partial charge in [0, 0.05) is 12.1 Å². The summed E-state index contributed by atoms with van der Waals surface area (Å²) < 4.78 is 0. The van der Waals surface area contributed by atoms with E-state index in [-0.39, 0.29) is 5.60 Å². The maximum atomic E-state index is 10.0. The fourth-order valence-corrected chi connectivity index (χ4v) is 2.81. The maximum absolute atomic E-state index is 10.0. The summed E-state index contributed by atoms with van der Waals surface area (Å²) in [5, 5.41) is 13.6. The van der Waals surface area contributed by atoms with Gasteiger partial charge in [0.1, 0.15) is 0 Å². The molecule has 2 heteroatoms. The van der Waals surface area contributed by atoms with E-state index in [0.717, 1.165) is 12.8 Å². The Hall–Kier alpha value is -0.0800. The first-order chi connectivity index (χ1) is 6.60. The lowest BCUT2D eigenvalue weighted by molar-refractivity contribution is 0.0545. The van der Waals surface area contributed by atoms with Crippen LogP contribution in [0, 0.1) is 5.92 Å². The summed E-state index contributed by atoms with van der Waals surface area (Å²) in [6, 6.07) is 1.30. The lowest BCUT2D eigenvalue weighted by Crippen LogP contribution is -2.39. The average Bonchev–Trinajstić information content (AvgIpc) is 2.85. The standard InChI is InChI=1S/C12H23NO/c1-9(2)13-11-5-3-10(4-6-11)12(14)7-8-12/h9-11,13-14H,3-8H2,1-2H3. The van der Waals surface area contributed by atoms with Gasteiger partial charge < -0.3 is 10.4 Å². The molecule has 2 N–H and O–H groups in total. The van der Waals surface area contributed by atoms with E-state index in [2.05, 4.69) is 19.2 Å². The lowest BCUT2D eigenvalue weighted by atomic mass is 9.81.